The Kier molecular flexibility index (Phi) is 5.10. The monoisotopic (exact) mass is 426 g/mol. The van der Waals surface area contributed by atoms with Crippen LogP contribution in [0.3, 0.4) is 0 Å². The summed E-state index contributed by atoms with van der Waals surface area (Å²) in [6.07, 6.45) is 0. The maximum atomic E-state index is 9.79. The van der Waals surface area contributed by atoms with Crippen LogP contribution >= 0.6 is 23.2 Å². The quantitative estimate of drug-likeness (QED) is 0.611. The van der Waals surface area contributed by atoms with Crippen LogP contribution in [0.4, 0.5) is 0 Å². The van der Waals surface area contributed by atoms with Gasteiger partial charge >= 0.3 is 0 Å². The summed E-state index contributed by atoms with van der Waals surface area (Å²) >= 11 is 13.0. The lowest BCUT2D eigenvalue weighted by molar-refractivity contribution is 0.340. The number of nitrogens with zero attached hydrogens (tertiary/aromatic N) is 2. The van der Waals surface area contributed by atoms with E-state index in [9.17, 15) is 5.26 Å². The molecular weight excluding hydrogens is 411 g/mol. The molecule has 6 nitrogen and oxygen atoms in total. The third-order valence-electron chi connectivity index (χ3n) is 4.68. The first-order valence-corrected chi connectivity index (χ1v) is 9.63. The molecule has 0 spiro atoms. The minimum absolute atomic E-state index is 0.0225. The molecule has 1 aromatic heterocycles. The number of aromatic amines is 1. The number of allylic oxidation sites excluding steroid dienone is 1. The molecule has 3 N–H and O–H groups in total. The molecule has 0 aliphatic carbocycles. The maximum absolute atomic E-state index is 9.79. The Morgan fingerprint density at radius 2 is 1.86 bits per heavy atom. The fourth-order valence-corrected chi connectivity index (χ4v) is 4.04. The Morgan fingerprint density at radius 1 is 1.17 bits per heavy atom. The van der Waals surface area contributed by atoms with Gasteiger partial charge in [-0.15, -0.1) is 5.10 Å². The number of ether oxygens (including phenoxy) is 2. The molecule has 1 aliphatic heterocycles. The van der Waals surface area contributed by atoms with Gasteiger partial charge in [-0.05, 0) is 43.3 Å². The topological polar surface area (TPSA) is 97.0 Å². The SMILES string of the molecule is CCOc1ccc(-c2[nH]nc3c2C(c2c(Cl)cccc2Cl)C(C#N)=C(N)O3)cc1. The summed E-state index contributed by atoms with van der Waals surface area (Å²) in [6, 6.07) is 14.9. The molecule has 0 bridgehead atoms. The predicted molar refractivity (Wildman–Crippen MR) is 111 cm³/mol. The number of nitrogens with one attached hydrogen (secondary N) is 1. The van der Waals surface area contributed by atoms with E-state index < -0.39 is 5.92 Å². The highest BCUT2D eigenvalue weighted by Gasteiger charge is 2.37. The van der Waals surface area contributed by atoms with Gasteiger partial charge in [0.15, 0.2) is 0 Å². The molecular formula is C21H16Cl2N4O2. The van der Waals surface area contributed by atoms with Gasteiger partial charge in [0.05, 0.1) is 23.8 Å². The second kappa shape index (κ2) is 7.70. The summed E-state index contributed by atoms with van der Waals surface area (Å²) < 4.78 is 11.1. The van der Waals surface area contributed by atoms with Crippen molar-refractivity contribution in [3.05, 3.63) is 75.1 Å². The van der Waals surface area contributed by atoms with Crippen molar-refractivity contribution in [3.8, 4) is 29.0 Å². The second-order valence-electron chi connectivity index (χ2n) is 6.33. The van der Waals surface area contributed by atoms with E-state index in [1.807, 2.05) is 31.2 Å². The minimum Gasteiger partial charge on any atom is -0.494 e. The Balaban J connectivity index is 1.92. The molecule has 0 radical (unpaired) electrons. The van der Waals surface area contributed by atoms with E-state index in [4.69, 9.17) is 38.4 Å². The highest BCUT2D eigenvalue weighted by molar-refractivity contribution is 6.36. The van der Waals surface area contributed by atoms with E-state index in [0.29, 0.717) is 33.5 Å². The standard InChI is InChI=1S/C21H16Cl2N4O2/c1-2-28-12-8-6-11(7-9-12)19-18-16(17-14(22)4-3-5-15(17)23)13(10-24)20(25)29-21(18)27-26-19/h3-9,16H,2,25H2,1H3,(H,26,27). The summed E-state index contributed by atoms with van der Waals surface area (Å²) in [6.45, 7) is 2.50. The summed E-state index contributed by atoms with van der Waals surface area (Å²) in [5.74, 6) is 0.399. The van der Waals surface area contributed by atoms with E-state index in [1.54, 1.807) is 18.2 Å². The van der Waals surface area contributed by atoms with Crippen molar-refractivity contribution in [1.82, 2.24) is 10.2 Å². The lowest BCUT2D eigenvalue weighted by Gasteiger charge is -2.25. The van der Waals surface area contributed by atoms with Gasteiger partial charge in [-0.1, -0.05) is 29.3 Å². The van der Waals surface area contributed by atoms with Crippen LogP contribution in [-0.2, 0) is 0 Å². The number of nitriles is 1. The van der Waals surface area contributed by atoms with Gasteiger partial charge in [0.1, 0.15) is 17.4 Å². The molecule has 1 unspecified atom stereocenters. The lowest BCUT2D eigenvalue weighted by atomic mass is 9.83. The van der Waals surface area contributed by atoms with E-state index in [0.717, 1.165) is 11.3 Å². The molecule has 2 aromatic carbocycles. The normalized spacial score (nSPS) is 15.4. The van der Waals surface area contributed by atoms with E-state index in [-0.39, 0.29) is 17.3 Å². The van der Waals surface area contributed by atoms with Gasteiger partial charge in [-0.2, -0.15) is 5.26 Å². The fourth-order valence-electron chi connectivity index (χ4n) is 3.42. The zero-order valence-corrected chi connectivity index (χ0v) is 16.9. The molecule has 4 rings (SSSR count). The number of rotatable bonds is 4. The third-order valence-corrected chi connectivity index (χ3v) is 5.34. The van der Waals surface area contributed by atoms with Crippen LogP contribution in [0, 0.1) is 11.3 Å². The van der Waals surface area contributed by atoms with Crippen LogP contribution in [0.15, 0.2) is 53.9 Å². The molecule has 0 saturated carbocycles. The highest BCUT2D eigenvalue weighted by atomic mass is 35.5. The number of hydrogen-bond donors (Lipinski definition) is 2. The molecule has 0 amide bonds. The summed E-state index contributed by atoms with van der Waals surface area (Å²) in [5.41, 5.74) is 8.99. The van der Waals surface area contributed by atoms with Gasteiger partial charge < -0.3 is 15.2 Å². The van der Waals surface area contributed by atoms with Crippen molar-refractivity contribution in [1.29, 1.82) is 5.26 Å². The largest absolute Gasteiger partial charge is 0.494 e. The van der Waals surface area contributed by atoms with Crippen LogP contribution in [0.1, 0.15) is 24.0 Å². The van der Waals surface area contributed by atoms with Crippen LogP contribution in [-0.4, -0.2) is 16.8 Å². The molecule has 3 aromatic rings. The minimum atomic E-state index is -0.620. The smallest absolute Gasteiger partial charge is 0.244 e. The summed E-state index contributed by atoms with van der Waals surface area (Å²) in [5, 5.41) is 17.9. The number of H-pyrrole nitrogens is 1. The number of fused-ring (bicyclic) bond motifs is 1. The first-order valence-electron chi connectivity index (χ1n) is 8.88. The van der Waals surface area contributed by atoms with E-state index in [2.05, 4.69) is 16.3 Å². The zero-order valence-electron chi connectivity index (χ0n) is 15.4. The first-order chi connectivity index (χ1) is 14.0. The maximum Gasteiger partial charge on any atom is 0.244 e. The second-order valence-corrected chi connectivity index (χ2v) is 7.15. The molecule has 29 heavy (non-hydrogen) atoms. The van der Waals surface area contributed by atoms with Crippen molar-refractivity contribution in [3.63, 3.8) is 0 Å². The lowest BCUT2D eigenvalue weighted by Crippen LogP contribution is -2.21. The number of aromatic nitrogens is 2. The van der Waals surface area contributed by atoms with Crippen LogP contribution in [0.2, 0.25) is 10.0 Å². The molecule has 2 heterocycles. The molecule has 146 valence electrons. The third kappa shape index (κ3) is 3.29. The summed E-state index contributed by atoms with van der Waals surface area (Å²) in [7, 11) is 0. The molecule has 1 atom stereocenters. The molecule has 8 heteroatoms. The average Bonchev–Trinajstić information content (AvgIpc) is 3.12. The van der Waals surface area contributed by atoms with Gasteiger partial charge in [-0.3, -0.25) is 5.10 Å². The number of nitrogens with two attached hydrogens (primary N) is 1. The van der Waals surface area contributed by atoms with Crippen molar-refractivity contribution in [2.75, 3.05) is 6.61 Å². The van der Waals surface area contributed by atoms with E-state index >= 15 is 0 Å². The Labute approximate surface area is 177 Å². The predicted octanol–water partition coefficient (Wildman–Crippen LogP) is 5.00. The molecule has 0 fully saturated rings. The van der Waals surface area contributed by atoms with Gasteiger partial charge in [-0.25, -0.2) is 0 Å². The Hall–Kier alpha value is -3.14. The fraction of sp³-hybridized carbons (Fsp3) is 0.143. The van der Waals surface area contributed by atoms with Crippen molar-refractivity contribution < 1.29 is 9.47 Å². The molecule has 1 aliphatic rings. The van der Waals surface area contributed by atoms with Crippen molar-refractivity contribution in [2.45, 2.75) is 12.8 Å². The Bertz CT molecular complexity index is 1130. The van der Waals surface area contributed by atoms with Crippen LogP contribution < -0.4 is 15.2 Å². The number of benzene rings is 2. The summed E-state index contributed by atoms with van der Waals surface area (Å²) in [4.78, 5) is 0. The van der Waals surface area contributed by atoms with E-state index in [1.165, 1.54) is 0 Å². The first kappa shape index (κ1) is 19.2. The van der Waals surface area contributed by atoms with Crippen LogP contribution in [0.25, 0.3) is 11.3 Å². The highest BCUT2D eigenvalue weighted by Crippen LogP contribution is 2.49. The number of halogens is 2. The number of hydrogen-bond acceptors (Lipinski definition) is 5. The van der Waals surface area contributed by atoms with Gasteiger partial charge in [0.2, 0.25) is 11.8 Å². The van der Waals surface area contributed by atoms with Crippen molar-refractivity contribution >= 4 is 23.2 Å². The average molecular weight is 427 g/mol. The van der Waals surface area contributed by atoms with Crippen LogP contribution in [0.5, 0.6) is 11.6 Å². The zero-order chi connectivity index (χ0) is 20.5. The van der Waals surface area contributed by atoms with Gasteiger partial charge in [0, 0.05) is 21.2 Å². The van der Waals surface area contributed by atoms with Crippen molar-refractivity contribution in [2.24, 2.45) is 5.73 Å². The Morgan fingerprint density at radius 3 is 2.48 bits per heavy atom. The molecule has 0 saturated heterocycles. The van der Waals surface area contributed by atoms with Gasteiger partial charge in [0.25, 0.3) is 0 Å².